The topological polar surface area (TPSA) is 12.0 Å². The maximum Gasteiger partial charge on any atom is -0.00230 e. The zero-order valence-electron chi connectivity index (χ0n) is 10.0. The van der Waals surface area contributed by atoms with Crippen LogP contribution in [-0.2, 0) is 6.42 Å². The van der Waals surface area contributed by atoms with Gasteiger partial charge in [0.1, 0.15) is 0 Å². The molecule has 84 valence electrons. The van der Waals surface area contributed by atoms with Gasteiger partial charge >= 0.3 is 0 Å². The van der Waals surface area contributed by atoms with Crippen molar-refractivity contribution < 1.29 is 0 Å². The molecule has 2 aromatic carbocycles. The normalized spacial score (nSPS) is 12.9. The summed E-state index contributed by atoms with van der Waals surface area (Å²) in [7, 11) is 2.01. The number of rotatable bonds is 4. The molecule has 1 atom stereocenters. The Morgan fingerprint density at radius 2 is 1.81 bits per heavy atom. The Morgan fingerprint density at radius 1 is 1.06 bits per heavy atom. The summed E-state index contributed by atoms with van der Waals surface area (Å²) >= 11 is 0. The number of hydrogen-bond acceptors (Lipinski definition) is 1. The second-order valence-corrected chi connectivity index (χ2v) is 4.51. The molecule has 0 bridgehead atoms. The van der Waals surface area contributed by atoms with Crippen LogP contribution in [0.2, 0.25) is 0 Å². The van der Waals surface area contributed by atoms with Crippen molar-refractivity contribution in [2.24, 2.45) is 5.92 Å². The Kier molecular flexibility index (Phi) is 3.58. The molecule has 0 saturated heterocycles. The van der Waals surface area contributed by atoms with E-state index in [0.29, 0.717) is 5.92 Å². The Balaban J connectivity index is 2.30. The van der Waals surface area contributed by atoms with Gasteiger partial charge in [-0.25, -0.2) is 0 Å². The molecular formula is C15H19N. The lowest BCUT2D eigenvalue weighted by Crippen LogP contribution is -2.18. The van der Waals surface area contributed by atoms with Crippen molar-refractivity contribution in [2.75, 3.05) is 13.6 Å². The Hall–Kier alpha value is -1.34. The molecule has 0 aliphatic heterocycles. The van der Waals surface area contributed by atoms with Crippen LogP contribution in [0, 0.1) is 5.92 Å². The van der Waals surface area contributed by atoms with Gasteiger partial charge in [-0.3, -0.25) is 0 Å². The second-order valence-electron chi connectivity index (χ2n) is 4.51. The van der Waals surface area contributed by atoms with Gasteiger partial charge in [-0.2, -0.15) is 0 Å². The van der Waals surface area contributed by atoms with Gasteiger partial charge < -0.3 is 5.32 Å². The average Bonchev–Trinajstić information content (AvgIpc) is 2.30. The molecule has 1 N–H and O–H groups in total. The molecule has 1 heteroatoms. The molecule has 0 spiro atoms. The SMILES string of the molecule is CNCC(C)Cc1cccc2ccccc12. The summed E-state index contributed by atoms with van der Waals surface area (Å²) in [5.74, 6) is 0.677. The highest BCUT2D eigenvalue weighted by Gasteiger charge is 2.05. The molecule has 0 radical (unpaired) electrons. The lowest BCUT2D eigenvalue weighted by molar-refractivity contribution is 0.543. The minimum absolute atomic E-state index is 0.677. The lowest BCUT2D eigenvalue weighted by atomic mass is 9.96. The molecule has 0 aliphatic rings. The van der Waals surface area contributed by atoms with Crippen molar-refractivity contribution in [3.05, 3.63) is 48.0 Å². The van der Waals surface area contributed by atoms with Crippen molar-refractivity contribution >= 4 is 10.8 Å². The van der Waals surface area contributed by atoms with Gasteiger partial charge in [-0.05, 0) is 42.3 Å². The monoisotopic (exact) mass is 213 g/mol. The molecule has 0 heterocycles. The van der Waals surface area contributed by atoms with E-state index < -0.39 is 0 Å². The quantitative estimate of drug-likeness (QED) is 0.822. The smallest absolute Gasteiger partial charge is 0.00230 e. The minimum Gasteiger partial charge on any atom is -0.319 e. The summed E-state index contributed by atoms with van der Waals surface area (Å²) in [4.78, 5) is 0. The van der Waals surface area contributed by atoms with E-state index in [9.17, 15) is 0 Å². The van der Waals surface area contributed by atoms with E-state index >= 15 is 0 Å². The van der Waals surface area contributed by atoms with Gasteiger partial charge in [0.15, 0.2) is 0 Å². The third kappa shape index (κ3) is 2.42. The lowest BCUT2D eigenvalue weighted by Gasteiger charge is -2.12. The molecule has 0 fully saturated rings. The van der Waals surface area contributed by atoms with E-state index in [1.54, 1.807) is 0 Å². The predicted octanol–water partition coefficient (Wildman–Crippen LogP) is 3.24. The summed E-state index contributed by atoms with van der Waals surface area (Å²) in [5.41, 5.74) is 1.46. The average molecular weight is 213 g/mol. The first-order valence-corrected chi connectivity index (χ1v) is 5.92. The van der Waals surface area contributed by atoms with Crippen LogP contribution < -0.4 is 5.32 Å². The van der Waals surface area contributed by atoms with Gasteiger partial charge in [-0.15, -0.1) is 0 Å². The second kappa shape index (κ2) is 5.13. The fourth-order valence-electron chi connectivity index (χ4n) is 2.27. The maximum atomic E-state index is 3.24. The van der Waals surface area contributed by atoms with Crippen LogP contribution in [0.25, 0.3) is 10.8 Å². The fourth-order valence-corrected chi connectivity index (χ4v) is 2.27. The van der Waals surface area contributed by atoms with Crippen molar-refractivity contribution in [3.8, 4) is 0 Å². The number of benzene rings is 2. The largest absolute Gasteiger partial charge is 0.319 e. The number of hydrogen-bond donors (Lipinski definition) is 1. The molecule has 2 rings (SSSR count). The van der Waals surface area contributed by atoms with Crippen LogP contribution >= 0.6 is 0 Å². The van der Waals surface area contributed by atoms with E-state index in [0.717, 1.165) is 13.0 Å². The van der Waals surface area contributed by atoms with E-state index in [1.165, 1.54) is 16.3 Å². The molecule has 2 aromatic rings. The summed E-state index contributed by atoms with van der Waals surface area (Å²) < 4.78 is 0. The molecule has 16 heavy (non-hydrogen) atoms. The molecular weight excluding hydrogens is 194 g/mol. The van der Waals surface area contributed by atoms with E-state index in [4.69, 9.17) is 0 Å². The summed E-state index contributed by atoms with van der Waals surface area (Å²) in [6.45, 7) is 3.36. The van der Waals surface area contributed by atoms with Gasteiger partial charge in [0.2, 0.25) is 0 Å². The van der Waals surface area contributed by atoms with Crippen LogP contribution in [0.3, 0.4) is 0 Å². The number of fused-ring (bicyclic) bond motifs is 1. The van der Waals surface area contributed by atoms with Crippen LogP contribution in [0.1, 0.15) is 12.5 Å². The van der Waals surface area contributed by atoms with Gasteiger partial charge in [-0.1, -0.05) is 49.4 Å². The summed E-state index contributed by atoms with van der Waals surface area (Å²) in [6.07, 6.45) is 1.14. The first-order chi connectivity index (χ1) is 7.81. The highest BCUT2D eigenvalue weighted by Crippen LogP contribution is 2.20. The minimum atomic E-state index is 0.677. The van der Waals surface area contributed by atoms with E-state index in [2.05, 4.69) is 54.7 Å². The van der Waals surface area contributed by atoms with Crippen molar-refractivity contribution in [3.63, 3.8) is 0 Å². The van der Waals surface area contributed by atoms with Crippen LogP contribution in [0.5, 0.6) is 0 Å². The molecule has 1 unspecified atom stereocenters. The highest BCUT2D eigenvalue weighted by atomic mass is 14.8. The fraction of sp³-hybridized carbons (Fsp3) is 0.333. The summed E-state index contributed by atoms with van der Waals surface area (Å²) in [5, 5.41) is 5.98. The zero-order chi connectivity index (χ0) is 11.4. The van der Waals surface area contributed by atoms with E-state index in [1.807, 2.05) is 7.05 Å². The Labute approximate surface area is 97.5 Å². The van der Waals surface area contributed by atoms with Crippen molar-refractivity contribution in [2.45, 2.75) is 13.3 Å². The maximum absolute atomic E-state index is 3.24. The van der Waals surface area contributed by atoms with E-state index in [-0.39, 0.29) is 0 Å². The highest BCUT2D eigenvalue weighted by molar-refractivity contribution is 5.85. The van der Waals surface area contributed by atoms with Crippen molar-refractivity contribution in [1.29, 1.82) is 0 Å². The first-order valence-electron chi connectivity index (χ1n) is 5.92. The molecule has 1 nitrogen and oxygen atoms in total. The standard InChI is InChI=1S/C15H19N/c1-12(11-16-2)10-14-8-5-7-13-6-3-4-9-15(13)14/h3-9,12,16H,10-11H2,1-2H3. The van der Waals surface area contributed by atoms with Crippen LogP contribution in [0.4, 0.5) is 0 Å². The third-order valence-electron chi connectivity index (χ3n) is 3.00. The third-order valence-corrected chi connectivity index (χ3v) is 3.00. The molecule has 0 aliphatic carbocycles. The predicted molar refractivity (Wildman–Crippen MR) is 70.7 cm³/mol. The number of nitrogens with one attached hydrogen (secondary N) is 1. The Morgan fingerprint density at radius 3 is 2.62 bits per heavy atom. The zero-order valence-corrected chi connectivity index (χ0v) is 10.0. The first kappa shape index (κ1) is 11.2. The van der Waals surface area contributed by atoms with Gasteiger partial charge in [0.05, 0.1) is 0 Å². The van der Waals surface area contributed by atoms with Crippen molar-refractivity contribution in [1.82, 2.24) is 5.32 Å². The molecule has 0 saturated carbocycles. The van der Waals surface area contributed by atoms with Gasteiger partial charge in [0, 0.05) is 0 Å². The summed E-state index contributed by atoms with van der Waals surface area (Å²) in [6, 6.07) is 15.2. The van der Waals surface area contributed by atoms with Crippen LogP contribution in [-0.4, -0.2) is 13.6 Å². The Bertz CT molecular complexity index is 456. The van der Waals surface area contributed by atoms with Gasteiger partial charge in [0.25, 0.3) is 0 Å². The molecule has 0 amide bonds. The molecule has 0 aromatic heterocycles. The van der Waals surface area contributed by atoms with Crippen LogP contribution in [0.15, 0.2) is 42.5 Å².